The Kier molecular flexibility index (Phi) is 3.98. The van der Waals surface area contributed by atoms with Crippen LogP contribution < -0.4 is 9.64 Å². The molecule has 0 saturated heterocycles. The van der Waals surface area contributed by atoms with Gasteiger partial charge in [0.15, 0.2) is 0 Å². The Morgan fingerprint density at radius 1 is 0.850 bits per heavy atom. The van der Waals surface area contributed by atoms with Crippen molar-refractivity contribution < 1.29 is 9.13 Å². The summed E-state index contributed by atoms with van der Waals surface area (Å²) in [5, 5.41) is 0. The first-order chi connectivity index (χ1) is 9.36. The van der Waals surface area contributed by atoms with Crippen molar-refractivity contribution in [3.63, 3.8) is 0 Å². The van der Waals surface area contributed by atoms with Crippen LogP contribution >= 0.6 is 0 Å². The third-order valence-corrected chi connectivity index (χ3v) is 3.28. The second-order valence-corrected chi connectivity index (χ2v) is 5.78. The maximum absolute atomic E-state index is 12.8. The quantitative estimate of drug-likeness (QED) is 0.792. The standard InChI is InChI=1S/C17H20FNO/c1-17(2,3)19(4)14-7-11-16(12-8-14)20-15-9-5-13(18)6-10-15/h5-12H,1-4H3. The molecule has 0 aliphatic carbocycles. The normalized spacial score (nSPS) is 11.2. The van der Waals surface area contributed by atoms with Crippen molar-refractivity contribution >= 4 is 5.69 Å². The van der Waals surface area contributed by atoms with Gasteiger partial charge in [0.1, 0.15) is 17.3 Å². The molecule has 0 bridgehead atoms. The Hall–Kier alpha value is -2.03. The zero-order chi connectivity index (χ0) is 14.8. The van der Waals surface area contributed by atoms with Crippen molar-refractivity contribution in [1.29, 1.82) is 0 Å². The molecule has 20 heavy (non-hydrogen) atoms. The summed E-state index contributed by atoms with van der Waals surface area (Å²) in [5.41, 5.74) is 1.20. The molecule has 3 heteroatoms. The molecule has 0 saturated carbocycles. The summed E-state index contributed by atoms with van der Waals surface area (Å²) in [6.07, 6.45) is 0. The van der Waals surface area contributed by atoms with Crippen molar-refractivity contribution in [1.82, 2.24) is 0 Å². The van der Waals surface area contributed by atoms with E-state index in [0.29, 0.717) is 5.75 Å². The number of benzene rings is 2. The van der Waals surface area contributed by atoms with Gasteiger partial charge < -0.3 is 9.64 Å². The monoisotopic (exact) mass is 273 g/mol. The number of hydrogen-bond donors (Lipinski definition) is 0. The SMILES string of the molecule is CN(c1ccc(Oc2ccc(F)cc2)cc1)C(C)(C)C. The molecule has 0 N–H and O–H groups in total. The Morgan fingerprint density at radius 2 is 1.30 bits per heavy atom. The summed E-state index contributed by atoms with van der Waals surface area (Å²) in [4.78, 5) is 2.20. The molecule has 0 aromatic heterocycles. The van der Waals surface area contributed by atoms with Crippen LogP contribution in [0, 0.1) is 5.82 Å². The zero-order valence-electron chi connectivity index (χ0n) is 12.4. The van der Waals surface area contributed by atoms with Crippen LogP contribution in [-0.4, -0.2) is 12.6 Å². The third-order valence-electron chi connectivity index (χ3n) is 3.28. The molecular formula is C17H20FNO. The molecule has 2 aromatic carbocycles. The minimum Gasteiger partial charge on any atom is -0.457 e. The smallest absolute Gasteiger partial charge is 0.127 e. The lowest BCUT2D eigenvalue weighted by molar-refractivity contribution is 0.480. The fourth-order valence-electron chi connectivity index (χ4n) is 1.76. The maximum Gasteiger partial charge on any atom is 0.127 e. The van der Waals surface area contributed by atoms with Gasteiger partial charge in [-0.1, -0.05) is 0 Å². The van der Waals surface area contributed by atoms with Crippen molar-refractivity contribution in [2.24, 2.45) is 0 Å². The van der Waals surface area contributed by atoms with Crippen LogP contribution in [0.4, 0.5) is 10.1 Å². The van der Waals surface area contributed by atoms with E-state index < -0.39 is 0 Å². The molecule has 0 spiro atoms. The number of hydrogen-bond acceptors (Lipinski definition) is 2. The zero-order valence-corrected chi connectivity index (χ0v) is 12.4. The molecule has 0 amide bonds. The lowest BCUT2D eigenvalue weighted by Crippen LogP contribution is -2.37. The summed E-state index contributed by atoms with van der Waals surface area (Å²) in [7, 11) is 2.07. The fraction of sp³-hybridized carbons (Fsp3) is 0.294. The predicted octanol–water partition coefficient (Wildman–Crippen LogP) is 4.85. The van der Waals surface area contributed by atoms with Crippen LogP contribution in [-0.2, 0) is 0 Å². The van der Waals surface area contributed by atoms with E-state index in [0.717, 1.165) is 11.4 Å². The van der Waals surface area contributed by atoms with Gasteiger partial charge in [-0.2, -0.15) is 0 Å². The fourth-order valence-corrected chi connectivity index (χ4v) is 1.76. The minimum absolute atomic E-state index is 0.0688. The van der Waals surface area contributed by atoms with Gasteiger partial charge in [0.05, 0.1) is 0 Å². The van der Waals surface area contributed by atoms with Crippen molar-refractivity contribution in [2.75, 3.05) is 11.9 Å². The van der Waals surface area contributed by atoms with E-state index >= 15 is 0 Å². The Balaban J connectivity index is 2.10. The molecule has 106 valence electrons. The largest absolute Gasteiger partial charge is 0.457 e. The van der Waals surface area contributed by atoms with Crippen molar-refractivity contribution in [3.05, 3.63) is 54.3 Å². The molecule has 0 heterocycles. The predicted molar refractivity (Wildman–Crippen MR) is 81.1 cm³/mol. The molecule has 0 aliphatic rings. The lowest BCUT2D eigenvalue weighted by atomic mass is 10.1. The first kappa shape index (κ1) is 14.4. The second kappa shape index (κ2) is 5.53. The molecule has 0 radical (unpaired) electrons. The third kappa shape index (κ3) is 3.50. The van der Waals surface area contributed by atoms with Gasteiger partial charge in [-0.05, 0) is 69.3 Å². The Labute approximate surface area is 119 Å². The van der Waals surface area contributed by atoms with Gasteiger partial charge in [0.25, 0.3) is 0 Å². The highest BCUT2D eigenvalue weighted by Crippen LogP contribution is 2.27. The van der Waals surface area contributed by atoms with Gasteiger partial charge in [0.2, 0.25) is 0 Å². The summed E-state index contributed by atoms with van der Waals surface area (Å²) in [5.74, 6) is 1.10. The molecule has 0 aliphatic heterocycles. The molecule has 2 nitrogen and oxygen atoms in total. The van der Waals surface area contributed by atoms with E-state index in [9.17, 15) is 4.39 Å². The van der Waals surface area contributed by atoms with Crippen molar-refractivity contribution in [2.45, 2.75) is 26.3 Å². The Morgan fingerprint density at radius 3 is 1.75 bits per heavy atom. The van der Waals surface area contributed by atoms with Gasteiger partial charge in [-0.15, -0.1) is 0 Å². The average Bonchev–Trinajstić information content (AvgIpc) is 2.40. The highest BCUT2D eigenvalue weighted by molar-refractivity contribution is 5.50. The van der Waals surface area contributed by atoms with Gasteiger partial charge in [-0.25, -0.2) is 4.39 Å². The van der Waals surface area contributed by atoms with Gasteiger partial charge >= 0.3 is 0 Å². The summed E-state index contributed by atoms with van der Waals surface area (Å²) in [6.45, 7) is 6.49. The number of ether oxygens (including phenoxy) is 1. The Bertz CT molecular complexity index is 555. The van der Waals surface area contributed by atoms with E-state index in [1.54, 1.807) is 12.1 Å². The van der Waals surface area contributed by atoms with Gasteiger partial charge in [-0.3, -0.25) is 0 Å². The van der Waals surface area contributed by atoms with E-state index in [1.165, 1.54) is 12.1 Å². The lowest BCUT2D eigenvalue weighted by Gasteiger charge is -2.34. The topological polar surface area (TPSA) is 12.5 Å². The number of anilines is 1. The average molecular weight is 273 g/mol. The molecule has 0 fully saturated rings. The maximum atomic E-state index is 12.8. The first-order valence-corrected chi connectivity index (χ1v) is 6.63. The van der Waals surface area contributed by atoms with E-state index in [4.69, 9.17) is 4.74 Å². The van der Waals surface area contributed by atoms with Crippen LogP contribution in [0.1, 0.15) is 20.8 Å². The molecule has 0 atom stereocenters. The van der Waals surface area contributed by atoms with Gasteiger partial charge in [0, 0.05) is 18.3 Å². The van der Waals surface area contributed by atoms with E-state index in [2.05, 4.69) is 32.7 Å². The van der Waals surface area contributed by atoms with Crippen LogP contribution in [0.3, 0.4) is 0 Å². The second-order valence-electron chi connectivity index (χ2n) is 5.78. The van der Waals surface area contributed by atoms with E-state index in [-0.39, 0.29) is 11.4 Å². The van der Waals surface area contributed by atoms with Crippen LogP contribution in [0.2, 0.25) is 0 Å². The van der Waals surface area contributed by atoms with Crippen LogP contribution in [0.5, 0.6) is 11.5 Å². The highest BCUT2D eigenvalue weighted by atomic mass is 19.1. The minimum atomic E-state index is -0.264. The van der Waals surface area contributed by atoms with Crippen LogP contribution in [0.15, 0.2) is 48.5 Å². The van der Waals surface area contributed by atoms with E-state index in [1.807, 2.05) is 24.3 Å². The highest BCUT2D eigenvalue weighted by Gasteiger charge is 2.17. The first-order valence-electron chi connectivity index (χ1n) is 6.63. The summed E-state index contributed by atoms with van der Waals surface area (Å²) < 4.78 is 18.5. The number of nitrogens with zero attached hydrogens (tertiary/aromatic N) is 1. The van der Waals surface area contributed by atoms with Crippen molar-refractivity contribution in [3.8, 4) is 11.5 Å². The molecule has 2 rings (SSSR count). The number of halogens is 1. The summed E-state index contributed by atoms with van der Waals surface area (Å²) in [6, 6.07) is 13.9. The molecule has 2 aromatic rings. The molecule has 0 unspecified atom stereocenters. The summed E-state index contributed by atoms with van der Waals surface area (Å²) >= 11 is 0. The van der Waals surface area contributed by atoms with Crippen LogP contribution in [0.25, 0.3) is 0 Å². The molecular weight excluding hydrogens is 253 g/mol. The number of rotatable bonds is 3.